The van der Waals surface area contributed by atoms with E-state index in [1.54, 1.807) is 7.11 Å². The van der Waals surface area contributed by atoms with E-state index in [9.17, 15) is 15.0 Å². The van der Waals surface area contributed by atoms with Crippen LogP contribution >= 0.6 is 0 Å². The Hall–Kier alpha value is -1.35. The molecule has 0 aromatic rings. The summed E-state index contributed by atoms with van der Waals surface area (Å²) in [6.45, 7) is 2.11. The van der Waals surface area contributed by atoms with Gasteiger partial charge >= 0.3 is 5.97 Å². The van der Waals surface area contributed by atoms with Crippen molar-refractivity contribution in [3.63, 3.8) is 0 Å². The second kappa shape index (κ2) is 8.98. The number of hydrogen-bond acceptors (Lipinski definition) is 4. The molecule has 3 fully saturated rings. The Bertz CT molecular complexity index is 654. The van der Waals surface area contributed by atoms with Crippen molar-refractivity contribution in [2.75, 3.05) is 7.11 Å². The van der Waals surface area contributed by atoms with Crippen molar-refractivity contribution in [3.05, 3.63) is 11.6 Å². The third kappa shape index (κ3) is 4.15. The van der Waals surface area contributed by atoms with E-state index in [2.05, 4.69) is 18.8 Å². The van der Waals surface area contributed by atoms with E-state index in [1.807, 2.05) is 6.08 Å². The number of methoxy groups -OCH3 is 1. The van der Waals surface area contributed by atoms with Crippen LogP contribution in [0, 0.1) is 35.5 Å². The van der Waals surface area contributed by atoms with Gasteiger partial charge in [-0.05, 0) is 43.1 Å². The van der Waals surface area contributed by atoms with Crippen molar-refractivity contribution in [1.82, 2.24) is 0 Å². The van der Waals surface area contributed by atoms with Gasteiger partial charge in [0.05, 0.1) is 17.6 Å². The first-order valence-corrected chi connectivity index (χ1v) is 10.7. The fraction of sp³-hybridized carbons (Fsp3) is 0.783. The van der Waals surface area contributed by atoms with Gasteiger partial charge in [0.2, 0.25) is 0 Å². The summed E-state index contributed by atoms with van der Waals surface area (Å²) in [5.74, 6) is 6.04. The topological polar surface area (TPSA) is 87.0 Å². The van der Waals surface area contributed by atoms with Crippen LogP contribution in [0.2, 0.25) is 0 Å². The minimum absolute atomic E-state index is 0.0727. The molecule has 5 heteroatoms. The number of carboxylic acids is 1. The lowest BCUT2D eigenvalue weighted by Crippen LogP contribution is -2.64. The van der Waals surface area contributed by atoms with E-state index >= 15 is 0 Å². The second-order valence-electron chi connectivity index (χ2n) is 8.82. The second-order valence-corrected chi connectivity index (χ2v) is 8.82. The van der Waals surface area contributed by atoms with Gasteiger partial charge < -0.3 is 20.1 Å². The Balaban J connectivity index is 1.72. The van der Waals surface area contributed by atoms with Gasteiger partial charge in [-0.15, -0.1) is 0 Å². The summed E-state index contributed by atoms with van der Waals surface area (Å²) >= 11 is 0. The standard InChI is InChI=1S/C23H34O5/c1-15-19(8-5-9-21(26)27)23(28-2)13-12-20(25)18(22(15)23)11-10-17(24)14-16-6-3-4-7-16/h8,15-18,20,22,24-25H,3-7,9,12-14H2,1-2H3,(H,26,27)/t15?,17?,18-,20+,22+,23-/m0/s1. The summed E-state index contributed by atoms with van der Waals surface area (Å²) in [6, 6.07) is 0. The molecule has 2 unspecified atom stereocenters. The lowest BCUT2D eigenvalue weighted by molar-refractivity contribution is -0.162. The first-order chi connectivity index (χ1) is 13.4. The predicted octanol–water partition coefficient (Wildman–Crippen LogP) is 3.14. The minimum atomic E-state index is -0.800. The predicted molar refractivity (Wildman–Crippen MR) is 106 cm³/mol. The number of aliphatic carboxylic acids is 1. The number of rotatable bonds is 6. The van der Waals surface area contributed by atoms with Crippen molar-refractivity contribution < 1.29 is 24.9 Å². The zero-order chi connectivity index (χ0) is 20.3. The molecule has 0 aliphatic heterocycles. The van der Waals surface area contributed by atoms with E-state index in [0.29, 0.717) is 18.8 Å². The van der Waals surface area contributed by atoms with Crippen molar-refractivity contribution in [1.29, 1.82) is 0 Å². The summed E-state index contributed by atoms with van der Waals surface area (Å²) in [5, 5.41) is 29.9. The van der Waals surface area contributed by atoms with Crippen LogP contribution < -0.4 is 0 Å². The Morgan fingerprint density at radius 2 is 2.07 bits per heavy atom. The highest BCUT2D eigenvalue weighted by atomic mass is 16.5. The highest BCUT2D eigenvalue weighted by Crippen LogP contribution is 2.60. The van der Waals surface area contributed by atoms with Gasteiger partial charge in [-0.3, -0.25) is 4.79 Å². The van der Waals surface area contributed by atoms with E-state index in [0.717, 1.165) is 18.4 Å². The molecule has 0 aromatic heterocycles. The zero-order valence-corrected chi connectivity index (χ0v) is 17.1. The number of aliphatic hydroxyl groups excluding tert-OH is 2. The third-order valence-electron chi connectivity index (χ3n) is 7.20. The van der Waals surface area contributed by atoms with Gasteiger partial charge in [0.25, 0.3) is 0 Å². The molecule has 156 valence electrons. The average molecular weight is 391 g/mol. The highest BCUT2D eigenvalue weighted by molar-refractivity contribution is 5.66. The smallest absolute Gasteiger partial charge is 0.303 e. The first-order valence-electron chi connectivity index (χ1n) is 10.7. The van der Waals surface area contributed by atoms with Gasteiger partial charge in [0.15, 0.2) is 0 Å². The Morgan fingerprint density at radius 1 is 1.36 bits per heavy atom. The molecule has 0 bridgehead atoms. The SMILES string of the molecule is CO[C@]12CC[C@@H](O)[C@H](C#CC(O)CC3CCCC3)[C@H]1C(C)C2=CCCC(=O)O. The number of carboxylic acid groups (broad SMARTS) is 1. The van der Waals surface area contributed by atoms with Crippen LogP contribution in [0.15, 0.2) is 11.6 Å². The molecule has 3 N–H and O–H groups in total. The van der Waals surface area contributed by atoms with Crippen LogP contribution in [0.1, 0.15) is 64.7 Å². The minimum Gasteiger partial charge on any atom is -0.481 e. The van der Waals surface area contributed by atoms with Crippen molar-refractivity contribution in [3.8, 4) is 11.8 Å². The molecule has 3 aliphatic carbocycles. The molecule has 28 heavy (non-hydrogen) atoms. The normalized spacial score (nSPS) is 37.6. The number of fused-ring (bicyclic) bond motifs is 1. The summed E-state index contributed by atoms with van der Waals surface area (Å²) in [5.41, 5.74) is 0.693. The number of hydrogen-bond donors (Lipinski definition) is 3. The zero-order valence-electron chi connectivity index (χ0n) is 17.1. The molecule has 3 aliphatic rings. The van der Waals surface area contributed by atoms with Gasteiger partial charge in [-0.1, -0.05) is 50.5 Å². The average Bonchev–Trinajstić information content (AvgIpc) is 3.16. The molecule has 0 amide bonds. The molecule has 3 rings (SSSR count). The summed E-state index contributed by atoms with van der Waals surface area (Å²) in [6.07, 6.45) is 8.39. The maximum absolute atomic E-state index is 10.8. The summed E-state index contributed by atoms with van der Waals surface area (Å²) in [4.78, 5) is 10.8. The van der Waals surface area contributed by atoms with Crippen molar-refractivity contribution in [2.24, 2.45) is 23.7 Å². The molecule has 0 radical (unpaired) electrons. The van der Waals surface area contributed by atoms with E-state index in [-0.39, 0.29) is 24.2 Å². The fourth-order valence-electron chi connectivity index (χ4n) is 5.84. The third-order valence-corrected chi connectivity index (χ3v) is 7.20. The molecule has 0 saturated heterocycles. The molecule has 6 atom stereocenters. The Kier molecular flexibility index (Phi) is 6.85. The summed E-state index contributed by atoms with van der Waals surface area (Å²) < 4.78 is 5.95. The number of aliphatic hydroxyl groups is 2. The van der Waals surface area contributed by atoms with Crippen LogP contribution in [0.5, 0.6) is 0 Å². The van der Waals surface area contributed by atoms with Crippen LogP contribution in [-0.4, -0.2) is 46.2 Å². The number of ether oxygens (including phenoxy) is 1. The van der Waals surface area contributed by atoms with E-state index < -0.39 is 23.8 Å². The largest absolute Gasteiger partial charge is 0.481 e. The van der Waals surface area contributed by atoms with Crippen LogP contribution in [-0.2, 0) is 9.53 Å². The van der Waals surface area contributed by atoms with Gasteiger partial charge in [-0.2, -0.15) is 0 Å². The maximum atomic E-state index is 10.8. The molecule has 0 spiro atoms. The van der Waals surface area contributed by atoms with Crippen LogP contribution in [0.3, 0.4) is 0 Å². The number of allylic oxidation sites excluding steroid dienone is 1. The Labute approximate surface area is 168 Å². The molecular weight excluding hydrogens is 356 g/mol. The van der Waals surface area contributed by atoms with Crippen LogP contribution in [0.25, 0.3) is 0 Å². The first kappa shape index (κ1) is 21.4. The lowest BCUT2D eigenvalue weighted by Gasteiger charge is -2.61. The summed E-state index contributed by atoms with van der Waals surface area (Å²) in [7, 11) is 1.70. The Morgan fingerprint density at radius 3 is 2.71 bits per heavy atom. The fourth-order valence-corrected chi connectivity index (χ4v) is 5.84. The number of carbonyl (C=O) groups is 1. The maximum Gasteiger partial charge on any atom is 0.303 e. The van der Waals surface area contributed by atoms with Crippen LogP contribution in [0.4, 0.5) is 0 Å². The quantitative estimate of drug-likeness (QED) is 0.479. The van der Waals surface area contributed by atoms with Gasteiger partial charge in [-0.25, -0.2) is 0 Å². The van der Waals surface area contributed by atoms with Crippen molar-refractivity contribution in [2.45, 2.75) is 82.5 Å². The highest BCUT2D eigenvalue weighted by Gasteiger charge is 2.62. The molecule has 5 nitrogen and oxygen atoms in total. The van der Waals surface area contributed by atoms with Gasteiger partial charge in [0.1, 0.15) is 6.10 Å². The molecule has 0 aromatic carbocycles. The van der Waals surface area contributed by atoms with E-state index in [1.165, 1.54) is 25.7 Å². The molecule has 3 saturated carbocycles. The lowest BCUT2D eigenvalue weighted by atomic mass is 9.48. The van der Waals surface area contributed by atoms with E-state index in [4.69, 9.17) is 9.84 Å². The molecular formula is C23H34O5. The monoisotopic (exact) mass is 390 g/mol. The van der Waals surface area contributed by atoms with Gasteiger partial charge in [0, 0.05) is 19.4 Å². The molecule has 0 heterocycles. The van der Waals surface area contributed by atoms with Crippen molar-refractivity contribution >= 4 is 5.97 Å².